The molecule has 3 heterocycles. The average molecular weight is 356 g/mol. The average Bonchev–Trinajstić information content (AvgIpc) is 3.07. The van der Waals surface area contributed by atoms with Crippen LogP contribution in [0.4, 0.5) is 10.2 Å². The van der Waals surface area contributed by atoms with E-state index in [0.29, 0.717) is 35.6 Å². The lowest BCUT2D eigenvalue weighted by atomic mass is 9.91. The van der Waals surface area contributed by atoms with E-state index in [2.05, 4.69) is 15.1 Å². The SMILES string of the molecule is NC(=O)C1(O)CCN(c2ncnc3c2cnn3-c2ccccc2F)CC1. The van der Waals surface area contributed by atoms with Gasteiger partial charge in [-0.15, -0.1) is 0 Å². The molecule has 1 aliphatic rings. The summed E-state index contributed by atoms with van der Waals surface area (Å²) in [6, 6.07) is 6.32. The molecule has 3 N–H and O–H groups in total. The lowest BCUT2D eigenvalue weighted by Crippen LogP contribution is -2.52. The van der Waals surface area contributed by atoms with Crippen molar-refractivity contribution in [2.24, 2.45) is 5.73 Å². The van der Waals surface area contributed by atoms with E-state index in [-0.39, 0.29) is 12.8 Å². The molecular weight excluding hydrogens is 339 g/mol. The summed E-state index contributed by atoms with van der Waals surface area (Å²) >= 11 is 0. The molecular formula is C17H17FN6O2. The highest BCUT2D eigenvalue weighted by atomic mass is 19.1. The number of nitrogens with two attached hydrogens (primary N) is 1. The zero-order valence-corrected chi connectivity index (χ0v) is 13.8. The van der Waals surface area contributed by atoms with Crippen molar-refractivity contribution in [3.63, 3.8) is 0 Å². The Morgan fingerprint density at radius 3 is 2.65 bits per heavy atom. The maximum Gasteiger partial charge on any atom is 0.249 e. The van der Waals surface area contributed by atoms with Crippen molar-refractivity contribution in [1.82, 2.24) is 19.7 Å². The molecule has 134 valence electrons. The maximum absolute atomic E-state index is 14.1. The molecule has 0 bridgehead atoms. The molecule has 26 heavy (non-hydrogen) atoms. The van der Waals surface area contributed by atoms with Crippen LogP contribution in [0.25, 0.3) is 16.7 Å². The number of nitrogens with zero attached hydrogens (tertiary/aromatic N) is 5. The van der Waals surface area contributed by atoms with E-state index >= 15 is 0 Å². The van der Waals surface area contributed by atoms with Crippen LogP contribution in [0.1, 0.15) is 12.8 Å². The third-order valence-corrected chi connectivity index (χ3v) is 4.77. The van der Waals surface area contributed by atoms with Crippen LogP contribution in [0.3, 0.4) is 0 Å². The molecule has 8 nitrogen and oxygen atoms in total. The van der Waals surface area contributed by atoms with Crippen LogP contribution < -0.4 is 10.6 Å². The number of halogens is 1. The number of carbonyl (C=O) groups excluding carboxylic acids is 1. The summed E-state index contributed by atoms with van der Waals surface area (Å²) in [6.45, 7) is 0.826. The molecule has 1 saturated heterocycles. The molecule has 0 radical (unpaired) electrons. The predicted molar refractivity (Wildman–Crippen MR) is 92.2 cm³/mol. The summed E-state index contributed by atoms with van der Waals surface area (Å²) in [7, 11) is 0. The third-order valence-electron chi connectivity index (χ3n) is 4.77. The molecule has 2 aromatic heterocycles. The number of hydrogen-bond donors (Lipinski definition) is 2. The summed E-state index contributed by atoms with van der Waals surface area (Å²) in [5, 5.41) is 15.1. The Morgan fingerprint density at radius 2 is 1.96 bits per heavy atom. The van der Waals surface area contributed by atoms with Gasteiger partial charge >= 0.3 is 0 Å². The van der Waals surface area contributed by atoms with Crippen LogP contribution >= 0.6 is 0 Å². The summed E-state index contributed by atoms with van der Waals surface area (Å²) in [5.74, 6) is -0.483. The van der Waals surface area contributed by atoms with Crippen molar-refractivity contribution in [3.8, 4) is 5.69 Å². The summed E-state index contributed by atoms with van der Waals surface area (Å²) < 4.78 is 15.5. The Hall–Kier alpha value is -3.07. The first-order valence-electron chi connectivity index (χ1n) is 8.20. The number of piperidine rings is 1. The van der Waals surface area contributed by atoms with Gasteiger partial charge in [0.2, 0.25) is 5.91 Å². The van der Waals surface area contributed by atoms with Crippen molar-refractivity contribution in [1.29, 1.82) is 0 Å². The number of amides is 1. The van der Waals surface area contributed by atoms with E-state index in [0.717, 1.165) is 0 Å². The minimum Gasteiger partial charge on any atom is -0.380 e. The highest BCUT2D eigenvalue weighted by molar-refractivity contribution is 5.88. The molecule has 1 aromatic carbocycles. The number of hydrogen-bond acceptors (Lipinski definition) is 6. The van der Waals surface area contributed by atoms with Crippen molar-refractivity contribution >= 4 is 22.8 Å². The van der Waals surface area contributed by atoms with E-state index in [1.165, 1.54) is 17.1 Å². The molecule has 0 aliphatic carbocycles. The van der Waals surface area contributed by atoms with Gasteiger partial charge in [0.05, 0.1) is 11.6 Å². The molecule has 3 aromatic rings. The Balaban J connectivity index is 1.71. The summed E-state index contributed by atoms with van der Waals surface area (Å²) in [4.78, 5) is 21.9. The number of anilines is 1. The Morgan fingerprint density at radius 1 is 1.23 bits per heavy atom. The van der Waals surface area contributed by atoms with E-state index in [9.17, 15) is 14.3 Å². The molecule has 1 amide bonds. The second kappa shape index (κ2) is 6.03. The fraction of sp³-hybridized carbons (Fsp3) is 0.294. The standard InChI is InChI=1S/C17H17FN6O2/c18-12-3-1-2-4-13(12)24-15-11(9-22-24)14(20-10-21-15)23-7-5-17(26,6-8-23)16(19)25/h1-4,9-10,26H,5-8H2,(H2,19,25). The van der Waals surface area contributed by atoms with Crippen molar-refractivity contribution in [2.45, 2.75) is 18.4 Å². The van der Waals surface area contributed by atoms with Crippen LogP contribution in [-0.4, -0.2) is 49.5 Å². The van der Waals surface area contributed by atoms with Gasteiger partial charge < -0.3 is 15.7 Å². The van der Waals surface area contributed by atoms with Crippen molar-refractivity contribution in [2.75, 3.05) is 18.0 Å². The molecule has 1 aliphatic heterocycles. The van der Waals surface area contributed by atoms with Crippen molar-refractivity contribution < 1.29 is 14.3 Å². The maximum atomic E-state index is 14.1. The predicted octanol–water partition coefficient (Wildman–Crippen LogP) is 0.771. The summed E-state index contributed by atoms with van der Waals surface area (Å²) in [5.41, 5.74) is 4.57. The fourth-order valence-electron chi connectivity index (χ4n) is 3.22. The van der Waals surface area contributed by atoms with Crippen LogP contribution in [0.5, 0.6) is 0 Å². The number of benzene rings is 1. The highest BCUT2D eigenvalue weighted by Crippen LogP contribution is 2.30. The second-order valence-electron chi connectivity index (χ2n) is 6.33. The first kappa shape index (κ1) is 16.4. The van der Waals surface area contributed by atoms with Crippen LogP contribution in [-0.2, 0) is 4.79 Å². The van der Waals surface area contributed by atoms with Gasteiger partial charge in [0, 0.05) is 25.9 Å². The molecule has 9 heteroatoms. The van der Waals surface area contributed by atoms with Gasteiger partial charge in [0.25, 0.3) is 0 Å². The van der Waals surface area contributed by atoms with Gasteiger partial charge in [0.15, 0.2) is 5.65 Å². The third kappa shape index (κ3) is 2.57. The monoisotopic (exact) mass is 356 g/mol. The minimum absolute atomic E-state index is 0.218. The molecule has 0 atom stereocenters. The van der Waals surface area contributed by atoms with Gasteiger partial charge in [-0.1, -0.05) is 12.1 Å². The van der Waals surface area contributed by atoms with Gasteiger partial charge in [-0.25, -0.2) is 19.0 Å². The fourth-order valence-corrected chi connectivity index (χ4v) is 3.22. The van der Waals surface area contributed by atoms with Gasteiger partial charge in [0.1, 0.15) is 29.3 Å². The molecule has 0 spiro atoms. The Bertz CT molecular complexity index is 980. The topological polar surface area (TPSA) is 110 Å². The zero-order valence-electron chi connectivity index (χ0n) is 13.8. The smallest absolute Gasteiger partial charge is 0.249 e. The first-order chi connectivity index (χ1) is 12.5. The normalized spacial score (nSPS) is 16.8. The quantitative estimate of drug-likeness (QED) is 0.717. The number of para-hydroxylation sites is 1. The second-order valence-corrected chi connectivity index (χ2v) is 6.33. The van der Waals surface area contributed by atoms with Gasteiger partial charge in [-0.3, -0.25) is 4.79 Å². The van der Waals surface area contributed by atoms with Crippen LogP contribution in [0.2, 0.25) is 0 Å². The number of aromatic nitrogens is 4. The molecule has 0 saturated carbocycles. The zero-order chi connectivity index (χ0) is 18.3. The first-order valence-corrected chi connectivity index (χ1v) is 8.20. The largest absolute Gasteiger partial charge is 0.380 e. The lowest BCUT2D eigenvalue weighted by Gasteiger charge is -2.36. The number of rotatable bonds is 3. The molecule has 0 unspecified atom stereocenters. The number of fused-ring (bicyclic) bond motifs is 1. The molecule has 4 rings (SSSR count). The Labute approximate surface area is 148 Å². The highest BCUT2D eigenvalue weighted by Gasteiger charge is 2.38. The van der Waals surface area contributed by atoms with Gasteiger partial charge in [-0.05, 0) is 12.1 Å². The van der Waals surface area contributed by atoms with Crippen molar-refractivity contribution in [3.05, 3.63) is 42.6 Å². The number of aliphatic hydroxyl groups is 1. The summed E-state index contributed by atoms with van der Waals surface area (Å²) in [6.07, 6.45) is 3.42. The number of carbonyl (C=O) groups is 1. The van der Waals surface area contributed by atoms with Crippen LogP contribution in [0.15, 0.2) is 36.8 Å². The van der Waals surface area contributed by atoms with Gasteiger partial charge in [-0.2, -0.15) is 5.10 Å². The Kier molecular flexibility index (Phi) is 3.80. The number of primary amides is 1. The molecule has 1 fully saturated rings. The van der Waals surface area contributed by atoms with E-state index < -0.39 is 17.3 Å². The minimum atomic E-state index is -1.49. The lowest BCUT2D eigenvalue weighted by molar-refractivity contribution is -0.138. The van der Waals surface area contributed by atoms with E-state index in [1.807, 2.05) is 4.90 Å². The van der Waals surface area contributed by atoms with E-state index in [4.69, 9.17) is 5.73 Å². The van der Waals surface area contributed by atoms with E-state index in [1.54, 1.807) is 24.4 Å². The van der Waals surface area contributed by atoms with Crippen LogP contribution in [0, 0.1) is 5.82 Å².